The zero-order valence-electron chi connectivity index (χ0n) is 17.9. The lowest BCUT2D eigenvalue weighted by atomic mass is 10.0. The molecule has 31 heavy (non-hydrogen) atoms. The maximum absolute atomic E-state index is 14.1. The van der Waals surface area contributed by atoms with Gasteiger partial charge in [-0.15, -0.1) is 9.39 Å². The van der Waals surface area contributed by atoms with Crippen molar-refractivity contribution in [2.75, 3.05) is 19.6 Å². The topological polar surface area (TPSA) is 51.7 Å². The average Bonchev–Trinajstić information content (AvgIpc) is 3.12. The van der Waals surface area contributed by atoms with E-state index in [-0.39, 0.29) is 5.82 Å². The highest BCUT2D eigenvalue weighted by Crippen LogP contribution is 2.30. The van der Waals surface area contributed by atoms with E-state index in [0.29, 0.717) is 18.0 Å². The molecule has 2 heterocycles. The molecule has 0 saturated carbocycles. The first kappa shape index (κ1) is 21.4. The van der Waals surface area contributed by atoms with Gasteiger partial charge < -0.3 is 5.32 Å². The van der Waals surface area contributed by atoms with Crippen molar-refractivity contribution in [3.05, 3.63) is 82.9 Å². The minimum absolute atomic E-state index is 0.281. The van der Waals surface area contributed by atoms with Crippen LogP contribution in [0.3, 0.4) is 0 Å². The standard InChI is InChI=1S/C24H28FN5S/c1-17-9-5-6-10-19(17)21-15-23(30-24(29-21)18(2)16-27-30)26-13-14-28-31(3,4)22-12-8-7-11-20(22)25/h5-12,15,27-29H,3-4,13-14,16H2,1-2H3. The zero-order chi connectivity index (χ0) is 22.0. The van der Waals surface area contributed by atoms with Crippen molar-refractivity contribution in [1.82, 2.24) is 20.5 Å². The summed E-state index contributed by atoms with van der Waals surface area (Å²) in [6.07, 6.45) is 2.06. The summed E-state index contributed by atoms with van der Waals surface area (Å²) < 4.78 is 17.4. The number of aryl methyl sites for hydroxylation is 1. The van der Waals surface area contributed by atoms with Gasteiger partial charge in [0.1, 0.15) is 17.5 Å². The van der Waals surface area contributed by atoms with Crippen LogP contribution in [-0.4, -0.2) is 42.2 Å². The second kappa shape index (κ2) is 8.70. The molecule has 162 valence electrons. The van der Waals surface area contributed by atoms with Crippen molar-refractivity contribution in [2.45, 2.75) is 18.7 Å². The number of halogens is 1. The Balaban J connectivity index is 1.54. The number of amidine groups is 1. The van der Waals surface area contributed by atoms with E-state index in [1.54, 1.807) is 18.2 Å². The quantitative estimate of drug-likeness (QED) is 0.476. The van der Waals surface area contributed by atoms with Crippen molar-refractivity contribution in [3.63, 3.8) is 0 Å². The van der Waals surface area contributed by atoms with Crippen molar-refractivity contribution in [1.29, 1.82) is 0 Å². The largest absolute Gasteiger partial charge is 0.340 e. The summed E-state index contributed by atoms with van der Waals surface area (Å²) >= 11 is 0. The third-order valence-corrected chi connectivity index (χ3v) is 7.27. The van der Waals surface area contributed by atoms with Crippen molar-refractivity contribution in [3.8, 4) is 0 Å². The number of rotatable bonds is 6. The van der Waals surface area contributed by atoms with E-state index in [9.17, 15) is 4.39 Å². The summed E-state index contributed by atoms with van der Waals surface area (Å²) in [6.45, 7) is 6.05. The number of nitrogens with one attached hydrogen (secondary N) is 3. The van der Waals surface area contributed by atoms with Crippen LogP contribution in [0.15, 0.2) is 75.9 Å². The van der Waals surface area contributed by atoms with E-state index in [4.69, 9.17) is 4.99 Å². The Kier molecular flexibility index (Phi) is 6.00. The molecular weight excluding hydrogens is 409 g/mol. The predicted molar refractivity (Wildman–Crippen MR) is 132 cm³/mol. The molecule has 5 nitrogen and oxygen atoms in total. The van der Waals surface area contributed by atoms with Gasteiger partial charge in [-0.25, -0.2) is 14.8 Å². The monoisotopic (exact) mass is 437 g/mol. The van der Waals surface area contributed by atoms with E-state index < -0.39 is 9.39 Å². The summed E-state index contributed by atoms with van der Waals surface area (Å²) in [5.41, 5.74) is 7.97. The van der Waals surface area contributed by atoms with Crippen molar-refractivity contribution in [2.24, 2.45) is 4.99 Å². The lowest BCUT2D eigenvalue weighted by molar-refractivity contribution is 0.412. The SMILES string of the molecule is C=S(=C)(NCCN=C1C=C(c2ccccc2C)NC2=C(C)CNN12)c1ccccc1F. The van der Waals surface area contributed by atoms with Crippen LogP contribution in [0.4, 0.5) is 4.39 Å². The molecule has 4 rings (SSSR count). The third kappa shape index (κ3) is 4.44. The van der Waals surface area contributed by atoms with Gasteiger partial charge >= 0.3 is 0 Å². The van der Waals surface area contributed by atoms with Crippen LogP contribution in [0.2, 0.25) is 0 Å². The van der Waals surface area contributed by atoms with Gasteiger partial charge in [-0.2, -0.15) is 0 Å². The first-order valence-corrected chi connectivity index (χ1v) is 12.1. The fourth-order valence-electron chi connectivity index (χ4n) is 3.65. The summed E-state index contributed by atoms with van der Waals surface area (Å²) in [6, 6.07) is 15.0. The van der Waals surface area contributed by atoms with Crippen molar-refractivity contribution >= 4 is 32.7 Å². The van der Waals surface area contributed by atoms with Crippen LogP contribution in [-0.2, 0) is 0 Å². The number of hydrazine groups is 1. The first-order chi connectivity index (χ1) is 14.9. The van der Waals surface area contributed by atoms with E-state index in [2.05, 4.69) is 59.3 Å². The highest BCUT2D eigenvalue weighted by atomic mass is 32.2. The van der Waals surface area contributed by atoms with Gasteiger partial charge in [-0.05, 0) is 37.1 Å². The van der Waals surface area contributed by atoms with E-state index in [0.717, 1.165) is 29.5 Å². The molecule has 0 radical (unpaired) electrons. The Bertz CT molecular complexity index is 1190. The zero-order valence-corrected chi connectivity index (χ0v) is 18.7. The number of fused-ring (bicyclic) bond motifs is 1. The maximum Gasteiger partial charge on any atom is 0.146 e. The van der Waals surface area contributed by atoms with Crippen molar-refractivity contribution < 1.29 is 4.39 Å². The Labute approximate surface area is 184 Å². The molecule has 0 unspecified atom stereocenters. The molecule has 0 bridgehead atoms. The Morgan fingerprint density at radius 2 is 1.87 bits per heavy atom. The van der Waals surface area contributed by atoms with Gasteiger partial charge in [-0.1, -0.05) is 48.1 Å². The predicted octanol–water partition coefficient (Wildman–Crippen LogP) is 3.76. The van der Waals surface area contributed by atoms with Gasteiger partial charge in [0, 0.05) is 29.6 Å². The summed E-state index contributed by atoms with van der Waals surface area (Å²) in [4.78, 5) is 5.34. The van der Waals surface area contributed by atoms with Crippen LogP contribution < -0.4 is 15.5 Å². The maximum atomic E-state index is 14.1. The fraction of sp³-hybridized carbons (Fsp3) is 0.208. The highest BCUT2D eigenvalue weighted by Gasteiger charge is 2.28. The Hall–Kier alpha value is -2.87. The van der Waals surface area contributed by atoms with Crippen LogP contribution in [0.5, 0.6) is 0 Å². The normalized spacial score (nSPS) is 17.6. The molecule has 0 aromatic heterocycles. The molecule has 2 aromatic carbocycles. The van der Waals surface area contributed by atoms with Gasteiger partial charge in [0.15, 0.2) is 0 Å². The summed E-state index contributed by atoms with van der Waals surface area (Å²) in [5, 5.41) is 5.53. The van der Waals surface area contributed by atoms with E-state index in [1.165, 1.54) is 17.2 Å². The number of nitrogens with zero attached hydrogens (tertiary/aromatic N) is 2. The second-order valence-corrected chi connectivity index (χ2v) is 10.2. The van der Waals surface area contributed by atoms with Gasteiger partial charge in [0.05, 0.1) is 12.2 Å². The third-order valence-electron chi connectivity index (χ3n) is 5.34. The molecule has 0 amide bonds. The second-order valence-electron chi connectivity index (χ2n) is 7.75. The number of aliphatic imine (C=N–C) groups is 1. The molecule has 3 N–H and O–H groups in total. The molecule has 0 fully saturated rings. The minimum Gasteiger partial charge on any atom is -0.340 e. The molecule has 7 heteroatoms. The number of hydrogen-bond acceptors (Lipinski definition) is 4. The first-order valence-electron chi connectivity index (χ1n) is 10.2. The lowest BCUT2D eigenvalue weighted by Crippen LogP contribution is -2.44. The minimum atomic E-state index is -1.94. The highest BCUT2D eigenvalue weighted by molar-refractivity contribution is 8.26. The average molecular weight is 438 g/mol. The number of benzene rings is 2. The van der Waals surface area contributed by atoms with E-state index >= 15 is 0 Å². The Morgan fingerprint density at radius 1 is 1.13 bits per heavy atom. The fourth-order valence-corrected chi connectivity index (χ4v) is 5.07. The smallest absolute Gasteiger partial charge is 0.146 e. The molecule has 0 aliphatic carbocycles. The molecule has 2 aromatic rings. The molecule has 2 aliphatic rings. The molecular formula is C24H28FN5S. The summed E-state index contributed by atoms with van der Waals surface area (Å²) in [5.74, 6) is 9.84. The van der Waals surface area contributed by atoms with Gasteiger partial charge in [-0.3, -0.25) is 9.71 Å². The number of hydrogen-bond donors (Lipinski definition) is 3. The lowest BCUT2D eigenvalue weighted by Gasteiger charge is -2.30. The van der Waals surface area contributed by atoms with E-state index in [1.807, 2.05) is 17.1 Å². The van der Waals surface area contributed by atoms with Crippen LogP contribution in [0, 0.1) is 12.7 Å². The van der Waals surface area contributed by atoms with Crippen LogP contribution in [0.1, 0.15) is 18.1 Å². The summed E-state index contributed by atoms with van der Waals surface area (Å²) in [7, 11) is -1.94. The van der Waals surface area contributed by atoms with Crippen LogP contribution in [0.25, 0.3) is 5.70 Å². The molecule has 2 aliphatic heterocycles. The Morgan fingerprint density at radius 3 is 2.65 bits per heavy atom. The van der Waals surface area contributed by atoms with Crippen LogP contribution >= 0.6 is 9.39 Å². The van der Waals surface area contributed by atoms with Gasteiger partial charge in [0.25, 0.3) is 0 Å². The molecule has 0 saturated heterocycles. The molecule has 0 spiro atoms. The van der Waals surface area contributed by atoms with Gasteiger partial charge in [0.2, 0.25) is 0 Å². The molecule has 0 atom stereocenters.